The molecule has 2 nitrogen and oxygen atoms in total. The van der Waals surface area contributed by atoms with Crippen LogP contribution in [-0.2, 0) is 0 Å². The van der Waals surface area contributed by atoms with Gasteiger partial charge in [0.05, 0.1) is 11.7 Å². The second kappa shape index (κ2) is 5.21. The molecule has 16 heavy (non-hydrogen) atoms. The zero-order valence-corrected chi connectivity index (χ0v) is 9.25. The van der Waals surface area contributed by atoms with E-state index in [1.165, 1.54) is 5.56 Å². The van der Waals surface area contributed by atoms with Crippen molar-refractivity contribution >= 4 is 5.69 Å². The first-order valence-electron chi connectivity index (χ1n) is 5.37. The molecule has 0 N–H and O–H groups in total. The van der Waals surface area contributed by atoms with Gasteiger partial charge in [-0.15, -0.1) is 0 Å². The number of azo groups is 1. The molecule has 2 aromatic rings. The van der Waals surface area contributed by atoms with Crippen LogP contribution in [0.2, 0.25) is 0 Å². The predicted molar refractivity (Wildman–Crippen MR) is 65.8 cm³/mol. The standard InChI is InChI=1S/C14H14N2/c1-12(13-8-4-2-5-9-13)15-16-14-10-6-3-7-11-14/h2-12H,1H3. The van der Waals surface area contributed by atoms with Crippen LogP contribution in [0.5, 0.6) is 0 Å². The van der Waals surface area contributed by atoms with Gasteiger partial charge >= 0.3 is 0 Å². The fourth-order valence-corrected chi connectivity index (χ4v) is 1.45. The second-order valence-corrected chi connectivity index (χ2v) is 3.64. The highest BCUT2D eigenvalue weighted by molar-refractivity contribution is 5.34. The smallest absolute Gasteiger partial charge is 0.0934 e. The van der Waals surface area contributed by atoms with Gasteiger partial charge in [0.25, 0.3) is 0 Å². The third-order valence-corrected chi connectivity index (χ3v) is 2.38. The van der Waals surface area contributed by atoms with E-state index in [0.29, 0.717) is 0 Å². The van der Waals surface area contributed by atoms with Crippen molar-refractivity contribution in [1.29, 1.82) is 0 Å². The van der Waals surface area contributed by atoms with Gasteiger partial charge in [-0.1, -0.05) is 48.5 Å². The Labute approximate surface area is 95.7 Å². The summed E-state index contributed by atoms with van der Waals surface area (Å²) < 4.78 is 0. The van der Waals surface area contributed by atoms with E-state index in [2.05, 4.69) is 22.4 Å². The molecule has 0 aliphatic carbocycles. The van der Waals surface area contributed by atoms with Crippen molar-refractivity contribution in [3.63, 3.8) is 0 Å². The van der Waals surface area contributed by atoms with Gasteiger partial charge in [0.2, 0.25) is 0 Å². The van der Waals surface area contributed by atoms with Gasteiger partial charge in [-0.25, -0.2) is 0 Å². The molecule has 80 valence electrons. The number of rotatable bonds is 3. The highest BCUT2D eigenvalue weighted by atomic mass is 15.1. The van der Waals surface area contributed by atoms with E-state index >= 15 is 0 Å². The zero-order valence-electron chi connectivity index (χ0n) is 9.25. The fraction of sp³-hybridized carbons (Fsp3) is 0.143. The molecule has 0 saturated heterocycles. The van der Waals surface area contributed by atoms with Crippen molar-refractivity contribution in [3.8, 4) is 0 Å². The summed E-state index contributed by atoms with van der Waals surface area (Å²) in [5, 5.41) is 8.50. The number of hydrogen-bond acceptors (Lipinski definition) is 2. The first-order valence-corrected chi connectivity index (χ1v) is 5.37. The average Bonchev–Trinajstić information content (AvgIpc) is 2.38. The second-order valence-electron chi connectivity index (χ2n) is 3.64. The SMILES string of the molecule is CC(N=Nc1ccccc1)c1ccccc1. The minimum atomic E-state index is 0.0985. The van der Waals surface area contributed by atoms with Gasteiger partial charge < -0.3 is 0 Å². The molecule has 0 radical (unpaired) electrons. The van der Waals surface area contributed by atoms with Crippen molar-refractivity contribution in [1.82, 2.24) is 0 Å². The van der Waals surface area contributed by atoms with Gasteiger partial charge in [-0.3, -0.25) is 0 Å². The van der Waals surface area contributed by atoms with Gasteiger partial charge in [-0.2, -0.15) is 10.2 Å². The molecule has 1 atom stereocenters. The molecular formula is C14H14N2. The van der Waals surface area contributed by atoms with Gasteiger partial charge in [-0.05, 0) is 24.6 Å². The maximum Gasteiger partial charge on any atom is 0.0934 e. The molecule has 1 unspecified atom stereocenters. The third-order valence-electron chi connectivity index (χ3n) is 2.38. The van der Waals surface area contributed by atoms with Gasteiger partial charge in [0.1, 0.15) is 0 Å². The molecule has 2 aromatic carbocycles. The van der Waals surface area contributed by atoms with Gasteiger partial charge in [0.15, 0.2) is 0 Å². The number of benzene rings is 2. The van der Waals surface area contributed by atoms with Gasteiger partial charge in [0, 0.05) is 0 Å². The Morgan fingerprint density at radius 3 is 2.00 bits per heavy atom. The normalized spacial score (nSPS) is 12.8. The largest absolute Gasteiger partial charge is 0.181 e. The molecule has 0 fully saturated rings. The minimum absolute atomic E-state index is 0.0985. The van der Waals surface area contributed by atoms with Crippen LogP contribution < -0.4 is 0 Å². The van der Waals surface area contributed by atoms with Crippen molar-refractivity contribution in [2.24, 2.45) is 10.2 Å². The summed E-state index contributed by atoms with van der Waals surface area (Å²) >= 11 is 0. The van der Waals surface area contributed by atoms with Crippen LogP contribution in [-0.4, -0.2) is 0 Å². The van der Waals surface area contributed by atoms with E-state index in [0.717, 1.165) is 5.69 Å². The molecule has 0 spiro atoms. The van der Waals surface area contributed by atoms with E-state index in [1.54, 1.807) is 0 Å². The molecule has 2 rings (SSSR count). The van der Waals surface area contributed by atoms with Crippen molar-refractivity contribution in [3.05, 3.63) is 66.2 Å². The number of nitrogens with zero attached hydrogens (tertiary/aromatic N) is 2. The predicted octanol–water partition coefficient (Wildman–Crippen LogP) is 4.53. The molecular weight excluding hydrogens is 196 g/mol. The van der Waals surface area contributed by atoms with Crippen LogP contribution in [0.3, 0.4) is 0 Å². The lowest BCUT2D eigenvalue weighted by Crippen LogP contribution is -1.86. The van der Waals surface area contributed by atoms with Crippen LogP contribution >= 0.6 is 0 Å². The molecule has 0 aliphatic rings. The first-order chi connectivity index (χ1) is 7.86. The minimum Gasteiger partial charge on any atom is -0.181 e. The summed E-state index contributed by atoms with van der Waals surface area (Å²) in [6.07, 6.45) is 0. The summed E-state index contributed by atoms with van der Waals surface area (Å²) in [5.41, 5.74) is 2.08. The molecule has 0 heterocycles. The Balaban J connectivity index is 2.08. The zero-order chi connectivity index (χ0) is 11.2. The monoisotopic (exact) mass is 210 g/mol. The quantitative estimate of drug-likeness (QED) is 0.665. The van der Waals surface area contributed by atoms with Crippen molar-refractivity contribution in [2.75, 3.05) is 0 Å². The molecule has 0 amide bonds. The van der Waals surface area contributed by atoms with Crippen LogP contribution in [0.15, 0.2) is 70.9 Å². The van der Waals surface area contributed by atoms with E-state index in [9.17, 15) is 0 Å². The Hall–Kier alpha value is -1.96. The van der Waals surface area contributed by atoms with Crippen LogP contribution in [0.25, 0.3) is 0 Å². The maximum atomic E-state index is 4.29. The highest BCUT2D eigenvalue weighted by Crippen LogP contribution is 2.19. The Morgan fingerprint density at radius 1 is 0.812 bits per heavy atom. The summed E-state index contributed by atoms with van der Waals surface area (Å²) in [6, 6.07) is 20.0. The van der Waals surface area contributed by atoms with E-state index in [-0.39, 0.29) is 6.04 Å². The average molecular weight is 210 g/mol. The first kappa shape index (κ1) is 10.6. The summed E-state index contributed by atoms with van der Waals surface area (Å²) in [4.78, 5) is 0. The lowest BCUT2D eigenvalue weighted by molar-refractivity contribution is 0.764. The highest BCUT2D eigenvalue weighted by Gasteiger charge is 2.01. The Kier molecular flexibility index (Phi) is 3.44. The third kappa shape index (κ3) is 2.76. The molecule has 0 saturated carbocycles. The van der Waals surface area contributed by atoms with Crippen LogP contribution in [0.4, 0.5) is 5.69 Å². The maximum absolute atomic E-state index is 4.29. The van der Waals surface area contributed by atoms with E-state index < -0.39 is 0 Å². The Morgan fingerprint density at radius 2 is 1.38 bits per heavy atom. The van der Waals surface area contributed by atoms with E-state index in [4.69, 9.17) is 0 Å². The summed E-state index contributed by atoms with van der Waals surface area (Å²) in [5.74, 6) is 0. The molecule has 0 aromatic heterocycles. The molecule has 0 aliphatic heterocycles. The van der Waals surface area contributed by atoms with Crippen LogP contribution in [0.1, 0.15) is 18.5 Å². The lowest BCUT2D eigenvalue weighted by atomic mass is 10.1. The fourth-order valence-electron chi connectivity index (χ4n) is 1.45. The lowest BCUT2D eigenvalue weighted by Gasteiger charge is -2.03. The van der Waals surface area contributed by atoms with Crippen LogP contribution in [0, 0.1) is 0 Å². The van der Waals surface area contributed by atoms with Crippen molar-refractivity contribution in [2.45, 2.75) is 13.0 Å². The molecule has 2 heteroatoms. The molecule has 0 bridgehead atoms. The van der Waals surface area contributed by atoms with Crippen molar-refractivity contribution < 1.29 is 0 Å². The topological polar surface area (TPSA) is 24.7 Å². The summed E-state index contributed by atoms with van der Waals surface area (Å²) in [7, 11) is 0. The van der Waals surface area contributed by atoms with E-state index in [1.807, 2.05) is 55.5 Å². The number of hydrogen-bond donors (Lipinski definition) is 0. The Bertz CT molecular complexity index is 449. The summed E-state index contributed by atoms with van der Waals surface area (Å²) in [6.45, 7) is 2.04.